The van der Waals surface area contributed by atoms with Crippen molar-refractivity contribution in [2.45, 2.75) is 52.2 Å². The van der Waals surface area contributed by atoms with Crippen molar-refractivity contribution in [1.82, 2.24) is 5.32 Å². The van der Waals surface area contributed by atoms with Gasteiger partial charge in [-0.1, -0.05) is 13.0 Å². The van der Waals surface area contributed by atoms with Crippen LogP contribution in [0, 0.1) is 0 Å². The number of carbonyl (C=O) groups excluding carboxylic acids is 2. The molecule has 1 N–H and O–H groups in total. The summed E-state index contributed by atoms with van der Waals surface area (Å²) in [5.41, 5.74) is 1.42. The summed E-state index contributed by atoms with van der Waals surface area (Å²) in [6.45, 7) is 7.01. The maximum atomic E-state index is 12.5. The molecule has 0 bridgehead atoms. The summed E-state index contributed by atoms with van der Waals surface area (Å²) in [7, 11) is 0. The fourth-order valence-corrected chi connectivity index (χ4v) is 3.23. The van der Waals surface area contributed by atoms with Gasteiger partial charge >= 0.3 is 5.97 Å². The number of ether oxygens (including phenoxy) is 4. The highest BCUT2D eigenvalue weighted by Crippen LogP contribution is 2.32. The highest BCUT2D eigenvalue weighted by atomic mass is 16.6. The first-order valence-corrected chi connectivity index (χ1v) is 9.75. The summed E-state index contributed by atoms with van der Waals surface area (Å²) in [5.74, 6) is 1.19. The number of hydrogen-bond acceptors (Lipinski definition) is 6. The van der Waals surface area contributed by atoms with Gasteiger partial charge in [0.25, 0.3) is 5.91 Å². The highest BCUT2D eigenvalue weighted by molar-refractivity contribution is 5.92. The predicted octanol–water partition coefficient (Wildman–Crippen LogP) is 3.04. The lowest BCUT2D eigenvalue weighted by Crippen LogP contribution is -2.37. The van der Waals surface area contributed by atoms with Crippen molar-refractivity contribution in [2.24, 2.45) is 0 Å². The normalized spacial score (nSPS) is 18.0. The van der Waals surface area contributed by atoms with Crippen molar-refractivity contribution in [3.63, 3.8) is 0 Å². The quantitative estimate of drug-likeness (QED) is 0.753. The smallest absolute Gasteiger partial charge is 0.338 e. The van der Waals surface area contributed by atoms with Crippen molar-refractivity contribution in [3.05, 3.63) is 35.1 Å². The average molecular weight is 389 g/mol. The number of nitrogens with one attached hydrogen (secondary N) is 1. The number of esters is 1. The molecule has 2 atom stereocenters. The number of carbonyl (C=O) groups is 2. The first-order chi connectivity index (χ1) is 13.5. The van der Waals surface area contributed by atoms with E-state index in [4.69, 9.17) is 18.9 Å². The van der Waals surface area contributed by atoms with E-state index in [1.807, 2.05) is 32.0 Å². The summed E-state index contributed by atoms with van der Waals surface area (Å²) in [6.07, 6.45) is 1.12. The van der Waals surface area contributed by atoms with Gasteiger partial charge in [-0.15, -0.1) is 0 Å². The Bertz CT molecular complexity index is 772. The molecule has 0 aromatic heterocycles. The molecule has 2 heterocycles. The first kappa shape index (κ1) is 20.0. The molecule has 7 heteroatoms. The second-order valence-corrected chi connectivity index (χ2v) is 6.89. The van der Waals surface area contributed by atoms with Crippen LogP contribution in [0.15, 0.2) is 29.5 Å². The van der Waals surface area contributed by atoms with Crippen LogP contribution in [0.1, 0.15) is 51.6 Å². The van der Waals surface area contributed by atoms with Crippen molar-refractivity contribution in [3.8, 4) is 11.5 Å². The largest absolute Gasteiger partial charge is 0.497 e. The highest BCUT2D eigenvalue weighted by Gasteiger charge is 2.26. The Kier molecular flexibility index (Phi) is 6.44. The Labute approximate surface area is 165 Å². The maximum absolute atomic E-state index is 12.5. The topological polar surface area (TPSA) is 83.1 Å². The molecule has 0 saturated carbocycles. The Hall–Kier alpha value is -2.70. The number of allylic oxidation sites excluding steroid dienone is 1. The molecule has 152 valence electrons. The molecule has 0 spiro atoms. The fraction of sp³-hybridized carbons (Fsp3) is 0.524. The lowest BCUT2D eigenvalue weighted by atomic mass is 10.1. The number of amides is 1. The third kappa shape index (κ3) is 4.58. The molecular formula is C21H27NO6. The van der Waals surface area contributed by atoms with Crippen LogP contribution in [0.25, 0.3) is 0 Å². The molecule has 7 nitrogen and oxygen atoms in total. The number of fused-ring (bicyclic) bond motifs is 1. The molecule has 1 aromatic carbocycles. The third-order valence-electron chi connectivity index (χ3n) is 4.83. The summed E-state index contributed by atoms with van der Waals surface area (Å²) in [6, 6.07) is 5.30. The van der Waals surface area contributed by atoms with E-state index in [0.717, 1.165) is 12.0 Å². The molecule has 2 aliphatic rings. The standard InChI is InChI=1S/C21H27NO6/c1-4-17-16(6-5-9-25-17)21(24)28-14(3)20(23)22-13(2)15-7-8-18-19(12-15)27-11-10-26-18/h7-8,12-14H,4-6,9-11H2,1-3H3,(H,22,23). The summed E-state index contributed by atoms with van der Waals surface area (Å²) in [5, 5.41) is 2.88. The molecule has 2 aliphatic heterocycles. The van der Waals surface area contributed by atoms with E-state index < -0.39 is 12.1 Å². The minimum atomic E-state index is -0.903. The predicted molar refractivity (Wildman–Crippen MR) is 102 cm³/mol. The Morgan fingerprint density at radius 1 is 1.11 bits per heavy atom. The zero-order chi connectivity index (χ0) is 20.1. The molecule has 28 heavy (non-hydrogen) atoms. The van der Waals surface area contributed by atoms with Crippen molar-refractivity contribution in [1.29, 1.82) is 0 Å². The molecule has 0 saturated heterocycles. The van der Waals surface area contributed by atoms with Gasteiger partial charge in [-0.25, -0.2) is 4.79 Å². The van der Waals surface area contributed by atoms with Crippen LogP contribution in [-0.4, -0.2) is 37.8 Å². The summed E-state index contributed by atoms with van der Waals surface area (Å²) >= 11 is 0. The van der Waals surface area contributed by atoms with Gasteiger partial charge in [0.05, 0.1) is 18.2 Å². The van der Waals surface area contributed by atoms with Gasteiger partial charge < -0.3 is 24.3 Å². The first-order valence-electron chi connectivity index (χ1n) is 9.75. The van der Waals surface area contributed by atoms with Gasteiger partial charge in [0.15, 0.2) is 17.6 Å². The number of hydrogen-bond donors (Lipinski definition) is 1. The molecule has 1 aromatic rings. The molecule has 2 unspecified atom stereocenters. The summed E-state index contributed by atoms with van der Waals surface area (Å²) < 4.78 is 22.0. The van der Waals surface area contributed by atoms with Crippen LogP contribution in [0.4, 0.5) is 0 Å². The number of benzene rings is 1. The number of rotatable bonds is 6. The van der Waals surface area contributed by atoms with E-state index in [9.17, 15) is 9.59 Å². The molecule has 1 amide bonds. The van der Waals surface area contributed by atoms with E-state index in [0.29, 0.717) is 55.5 Å². The fourth-order valence-electron chi connectivity index (χ4n) is 3.23. The van der Waals surface area contributed by atoms with Crippen LogP contribution >= 0.6 is 0 Å². The van der Waals surface area contributed by atoms with Gasteiger partial charge in [-0.2, -0.15) is 0 Å². The molecule has 0 fully saturated rings. The van der Waals surface area contributed by atoms with E-state index in [1.54, 1.807) is 6.92 Å². The Morgan fingerprint density at radius 2 is 1.86 bits per heavy atom. The van der Waals surface area contributed by atoms with E-state index in [-0.39, 0.29) is 11.9 Å². The SMILES string of the molecule is CCC1=C(C(=O)OC(C)C(=O)NC(C)c2ccc3c(c2)OCCO3)CCCO1. The van der Waals surface area contributed by atoms with E-state index in [2.05, 4.69) is 5.32 Å². The van der Waals surface area contributed by atoms with E-state index in [1.165, 1.54) is 0 Å². The van der Waals surface area contributed by atoms with Gasteiger partial charge in [0, 0.05) is 6.42 Å². The van der Waals surface area contributed by atoms with E-state index >= 15 is 0 Å². The van der Waals surface area contributed by atoms with Gasteiger partial charge in [-0.3, -0.25) is 4.79 Å². The molecular weight excluding hydrogens is 362 g/mol. The second-order valence-electron chi connectivity index (χ2n) is 6.89. The molecule has 0 aliphatic carbocycles. The van der Waals surface area contributed by atoms with Gasteiger partial charge in [0.1, 0.15) is 19.0 Å². The van der Waals surface area contributed by atoms with Gasteiger partial charge in [0.2, 0.25) is 0 Å². The lowest BCUT2D eigenvalue weighted by molar-refractivity contribution is -0.152. The zero-order valence-electron chi connectivity index (χ0n) is 16.6. The lowest BCUT2D eigenvalue weighted by Gasteiger charge is -2.23. The second kappa shape index (κ2) is 8.99. The monoisotopic (exact) mass is 389 g/mol. The van der Waals surface area contributed by atoms with Crippen molar-refractivity contribution >= 4 is 11.9 Å². The third-order valence-corrected chi connectivity index (χ3v) is 4.83. The van der Waals surface area contributed by atoms with Crippen LogP contribution in [0.5, 0.6) is 11.5 Å². The Morgan fingerprint density at radius 3 is 2.61 bits per heavy atom. The van der Waals surface area contributed by atoms with Crippen LogP contribution in [0.2, 0.25) is 0 Å². The van der Waals surface area contributed by atoms with Crippen LogP contribution in [0.3, 0.4) is 0 Å². The maximum Gasteiger partial charge on any atom is 0.338 e. The van der Waals surface area contributed by atoms with Crippen LogP contribution in [-0.2, 0) is 19.1 Å². The van der Waals surface area contributed by atoms with Crippen molar-refractivity contribution < 1.29 is 28.5 Å². The average Bonchev–Trinajstić information content (AvgIpc) is 2.73. The minimum absolute atomic E-state index is 0.270. The molecule has 3 rings (SSSR count). The van der Waals surface area contributed by atoms with Crippen LogP contribution < -0.4 is 14.8 Å². The van der Waals surface area contributed by atoms with Crippen molar-refractivity contribution in [2.75, 3.05) is 19.8 Å². The molecule has 0 radical (unpaired) electrons. The minimum Gasteiger partial charge on any atom is -0.497 e. The summed E-state index contributed by atoms with van der Waals surface area (Å²) in [4.78, 5) is 24.9. The Balaban J connectivity index is 1.59. The van der Waals surface area contributed by atoms with Gasteiger partial charge in [-0.05, 0) is 44.4 Å². The zero-order valence-corrected chi connectivity index (χ0v) is 16.6.